The highest BCUT2D eigenvalue weighted by Crippen LogP contribution is 2.37. The van der Waals surface area contributed by atoms with E-state index in [0.29, 0.717) is 12.6 Å². The van der Waals surface area contributed by atoms with Crippen LogP contribution in [-0.2, 0) is 19.5 Å². The first kappa shape index (κ1) is 15.5. The van der Waals surface area contributed by atoms with E-state index < -0.39 is 0 Å². The van der Waals surface area contributed by atoms with Crippen molar-refractivity contribution in [1.82, 2.24) is 35.0 Å². The van der Waals surface area contributed by atoms with Crippen molar-refractivity contribution < 1.29 is 0 Å². The second-order valence-electron chi connectivity index (χ2n) is 7.20. The Morgan fingerprint density at radius 3 is 2.96 bits per heavy atom. The van der Waals surface area contributed by atoms with Crippen molar-refractivity contribution in [2.75, 3.05) is 5.32 Å². The maximum atomic E-state index is 4.36. The van der Waals surface area contributed by atoms with Gasteiger partial charge in [-0.2, -0.15) is 0 Å². The molecule has 0 amide bonds. The molecule has 1 aliphatic carbocycles. The van der Waals surface area contributed by atoms with Crippen LogP contribution in [0.25, 0.3) is 11.4 Å². The number of benzene rings is 1. The minimum Gasteiger partial charge on any atom is -0.378 e. The molecule has 1 saturated carbocycles. The lowest BCUT2D eigenvalue weighted by molar-refractivity contribution is 0.510. The number of hydrogen-bond donors (Lipinski definition) is 1. The Labute approximate surface area is 151 Å². The second-order valence-corrected chi connectivity index (χ2v) is 7.20. The third-order valence-electron chi connectivity index (χ3n) is 5.25. The highest BCUT2D eigenvalue weighted by molar-refractivity contribution is 5.66. The Kier molecular flexibility index (Phi) is 3.69. The Morgan fingerprint density at radius 1 is 1.15 bits per heavy atom. The molecule has 134 valence electrons. The van der Waals surface area contributed by atoms with Crippen LogP contribution in [0.15, 0.2) is 18.2 Å². The summed E-state index contributed by atoms with van der Waals surface area (Å²) in [6.07, 6.45) is 5.77. The van der Waals surface area contributed by atoms with E-state index in [2.05, 4.69) is 60.7 Å². The molecule has 26 heavy (non-hydrogen) atoms. The molecule has 3 heterocycles. The standard InChI is InChI=1S/C18H22N8/c1-12-5-6-13(10-15(12)18-22-23-24-26(18)14-7-8-14)19-11-17-21-20-16-4-2-3-9-25(16)17/h5-6,10,14,19H,2-4,7-9,11H2,1H3. The van der Waals surface area contributed by atoms with Crippen molar-refractivity contribution in [2.45, 2.75) is 58.2 Å². The van der Waals surface area contributed by atoms with Gasteiger partial charge in [-0.1, -0.05) is 6.07 Å². The largest absolute Gasteiger partial charge is 0.378 e. The molecule has 2 aromatic heterocycles. The van der Waals surface area contributed by atoms with E-state index in [1.54, 1.807) is 0 Å². The van der Waals surface area contributed by atoms with Crippen molar-refractivity contribution in [3.8, 4) is 11.4 Å². The van der Waals surface area contributed by atoms with Crippen LogP contribution >= 0.6 is 0 Å². The third kappa shape index (κ3) is 2.75. The van der Waals surface area contributed by atoms with Crippen molar-refractivity contribution in [1.29, 1.82) is 0 Å². The van der Waals surface area contributed by atoms with Gasteiger partial charge in [-0.15, -0.1) is 15.3 Å². The number of aromatic nitrogens is 7. The molecule has 1 N–H and O–H groups in total. The first-order valence-corrected chi connectivity index (χ1v) is 9.33. The summed E-state index contributed by atoms with van der Waals surface area (Å²) in [4.78, 5) is 0. The Balaban J connectivity index is 1.38. The normalized spacial score (nSPS) is 16.5. The van der Waals surface area contributed by atoms with Crippen LogP contribution in [0.5, 0.6) is 0 Å². The average Bonchev–Trinajstić information content (AvgIpc) is 3.25. The third-order valence-corrected chi connectivity index (χ3v) is 5.25. The number of tetrazole rings is 1. The molecule has 8 nitrogen and oxygen atoms in total. The minimum atomic E-state index is 0.457. The number of fused-ring (bicyclic) bond motifs is 1. The van der Waals surface area contributed by atoms with Crippen molar-refractivity contribution in [3.05, 3.63) is 35.4 Å². The van der Waals surface area contributed by atoms with Gasteiger partial charge in [0.2, 0.25) is 0 Å². The predicted molar refractivity (Wildman–Crippen MR) is 96.5 cm³/mol. The van der Waals surface area contributed by atoms with Crippen LogP contribution in [0, 0.1) is 6.92 Å². The fourth-order valence-corrected chi connectivity index (χ4v) is 3.59. The van der Waals surface area contributed by atoms with Gasteiger partial charge in [-0.05, 0) is 60.7 Å². The Morgan fingerprint density at radius 2 is 2.08 bits per heavy atom. The molecule has 5 rings (SSSR count). The molecule has 1 fully saturated rings. The van der Waals surface area contributed by atoms with Gasteiger partial charge < -0.3 is 9.88 Å². The lowest BCUT2D eigenvalue weighted by Gasteiger charge is -2.15. The van der Waals surface area contributed by atoms with Crippen LogP contribution in [0.2, 0.25) is 0 Å². The number of nitrogens with zero attached hydrogens (tertiary/aromatic N) is 7. The van der Waals surface area contributed by atoms with Gasteiger partial charge in [0, 0.05) is 24.2 Å². The molecule has 0 spiro atoms. The molecule has 1 aliphatic heterocycles. The molecule has 3 aromatic rings. The maximum Gasteiger partial charge on any atom is 0.182 e. The Bertz CT molecular complexity index is 937. The van der Waals surface area contributed by atoms with Gasteiger partial charge >= 0.3 is 0 Å². The van der Waals surface area contributed by atoms with Crippen LogP contribution < -0.4 is 5.32 Å². The van der Waals surface area contributed by atoms with Crippen molar-refractivity contribution in [3.63, 3.8) is 0 Å². The van der Waals surface area contributed by atoms with Gasteiger partial charge in [0.1, 0.15) is 5.82 Å². The summed E-state index contributed by atoms with van der Waals surface area (Å²) < 4.78 is 4.21. The van der Waals surface area contributed by atoms with E-state index in [4.69, 9.17) is 0 Å². The topological polar surface area (TPSA) is 86.3 Å². The second kappa shape index (κ2) is 6.19. The van der Waals surface area contributed by atoms with Gasteiger partial charge in [-0.3, -0.25) is 0 Å². The molecule has 0 bridgehead atoms. The zero-order valence-corrected chi connectivity index (χ0v) is 14.9. The van der Waals surface area contributed by atoms with Gasteiger partial charge in [-0.25, -0.2) is 4.68 Å². The zero-order chi connectivity index (χ0) is 17.5. The number of hydrogen-bond acceptors (Lipinski definition) is 6. The number of nitrogens with one attached hydrogen (secondary N) is 1. The van der Waals surface area contributed by atoms with Gasteiger partial charge in [0.25, 0.3) is 0 Å². The lowest BCUT2D eigenvalue weighted by Crippen LogP contribution is -2.15. The molecule has 0 saturated heterocycles. The number of aryl methyl sites for hydroxylation is 2. The van der Waals surface area contributed by atoms with E-state index in [-0.39, 0.29) is 0 Å². The average molecular weight is 350 g/mol. The number of anilines is 1. The first-order chi connectivity index (χ1) is 12.8. The molecule has 2 aliphatic rings. The highest BCUT2D eigenvalue weighted by Gasteiger charge is 2.28. The summed E-state index contributed by atoms with van der Waals surface area (Å²) >= 11 is 0. The smallest absolute Gasteiger partial charge is 0.182 e. The van der Waals surface area contributed by atoms with Crippen LogP contribution in [0.1, 0.15) is 48.9 Å². The molecule has 0 radical (unpaired) electrons. The van der Waals surface area contributed by atoms with E-state index >= 15 is 0 Å². The first-order valence-electron chi connectivity index (χ1n) is 9.33. The molecule has 0 atom stereocenters. The maximum absolute atomic E-state index is 4.36. The fourth-order valence-electron chi connectivity index (χ4n) is 3.59. The fraction of sp³-hybridized carbons (Fsp3) is 0.500. The summed E-state index contributed by atoms with van der Waals surface area (Å²) in [6.45, 7) is 3.79. The van der Waals surface area contributed by atoms with Crippen LogP contribution in [-0.4, -0.2) is 35.0 Å². The summed E-state index contributed by atoms with van der Waals surface area (Å²) in [6, 6.07) is 6.80. The van der Waals surface area contributed by atoms with Crippen LogP contribution in [0.3, 0.4) is 0 Å². The summed E-state index contributed by atoms with van der Waals surface area (Å²) in [5.41, 5.74) is 3.30. The van der Waals surface area contributed by atoms with Gasteiger partial charge in [0.05, 0.1) is 12.6 Å². The zero-order valence-electron chi connectivity index (χ0n) is 14.9. The number of rotatable bonds is 5. The molecule has 1 aromatic carbocycles. The quantitative estimate of drug-likeness (QED) is 0.761. The van der Waals surface area contributed by atoms with Crippen LogP contribution in [0.4, 0.5) is 5.69 Å². The SMILES string of the molecule is Cc1ccc(NCc2nnc3n2CCCC3)cc1-c1nnnn1C1CC1. The monoisotopic (exact) mass is 350 g/mol. The van der Waals surface area contributed by atoms with E-state index in [1.165, 1.54) is 18.4 Å². The minimum absolute atomic E-state index is 0.457. The summed E-state index contributed by atoms with van der Waals surface area (Å²) in [5, 5.41) is 24.5. The molecule has 8 heteroatoms. The molecular weight excluding hydrogens is 328 g/mol. The van der Waals surface area contributed by atoms with E-state index in [1.807, 2.05) is 4.68 Å². The van der Waals surface area contributed by atoms with E-state index in [9.17, 15) is 0 Å². The summed E-state index contributed by atoms with van der Waals surface area (Å²) in [5.74, 6) is 2.97. The lowest BCUT2D eigenvalue weighted by atomic mass is 10.1. The molecular formula is C18H22N8. The summed E-state index contributed by atoms with van der Waals surface area (Å²) in [7, 11) is 0. The van der Waals surface area contributed by atoms with Crippen molar-refractivity contribution in [2.24, 2.45) is 0 Å². The predicted octanol–water partition coefficient (Wildman–Crippen LogP) is 2.52. The van der Waals surface area contributed by atoms with E-state index in [0.717, 1.165) is 54.5 Å². The Hall–Kier alpha value is -2.77. The van der Waals surface area contributed by atoms with Gasteiger partial charge in [0.15, 0.2) is 11.6 Å². The molecule has 0 unspecified atom stereocenters. The van der Waals surface area contributed by atoms with Crippen molar-refractivity contribution >= 4 is 5.69 Å². The highest BCUT2D eigenvalue weighted by atomic mass is 15.6.